The van der Waals surface area contributed by atoms with Gasteiger partial charge in [0.15, 0.2) is 0 Å². The highest BCUT2D eigenvalue weighted by Gasteiger charge is 2.31. The van der Waals surface area contributed by atoms with Gasteiger partial charge in [0.2, 0.25) is 0 Å². The molecule has 0 aliphatic rings. The molecule has 3 rings (SSSR count). The number of furan rings is 1. The molecule has 0 spiro atoms. The lowest BCUT2D eigenvalue weighted by molar-refractivity contribution is -0.137. The monoisotopic (exact) mass is 450 g/mol. The van der Waals surface area contributed by atoms with Crippen molar-refractivity contribution in [2.75, 3.05) is 5.32 Å². The molecule has 2 aromatic carbocycles. The third-order valence-corrected chi connectivity index (χ3v) is 4.49. The first-order valence-electron chi connectivity index (χ1n) is 8.33. The molecule has 0 bridgehead atoms. The number of anilines is 1. The minimum atomic E-state index is -4.61. The van der Waals surface area contributed by atoms with Crippen LogP contribution < -0.4 is 5.32 Å². The van der Waals surface area contributed by atoms with Crippen molar-refractivity contribution in [3.63, 3.8) is 0 Å². The number of nitrogens with one attached hydrogen (secondary N) is 1. The summed E-state index contributed by atoms with van der Waals surface area (Å²) in [7, 11) is 0. The van der Waals surface area contributed by atoms with Crippen molar-refractivity contribution in [1.29, 1.82) is 5.26 Å². The molecule has 30 heavy (non-hydrogen) atoms. The summed E-state index contributed by atoms with van der Waals surface area (Å²) in [6, 6.07) is 14.3. The number of nitriles is 1. The fraction of sp³-hybridized carbons (Fsp3) is 0.0476. The molecule has 152 valence electrons. The predicted molar refractivity (Wildman–Crippen MR) is 108 cm³/mol. The Labute approximate surface area is 179 Å². The number of rotatable bonds is 4. The van der Waals surface area contributed by atoms with Crippen molar-refractivity contribution in [1.82, 2.24) is 0 Å². The molecule has 1 N–H and O–H groups in total. The lowest BCUT2D eigenvalue weighted by Gasteiger charge is -2.11. The zero-order valence-electron chi connectivity index (χ0n) is 14.9. The third-order valence-electron chi connectivity index (χ3n) is 3.93. The van der Waals surface area contributed by atoms with Crippen molar-refractivity contribution in [2.24, 2.45) is 0 Å². The smallest absolute Gasteiger partial charge is 0.416 e. The second-order valence-electron chi connectivity index (χ2n) is 6.03. The van der Waals surface area contributed by atoms with E-state index in [1.807, 2.05) is 0 Å². The van der Waals surface area contributed by atoms with E-state index in [1.165, 1.54) is 12.1 Å². The molecule has 4 nitrogen and oxygen atoms in total. The molecule has 0 unspecified atom stereocenters. The Morgan fingerprint density at radius 2 is 1.87 bits per heavy atom. The van der Waals surface area contributed by atoms with Gasteiger partial charge in [0.25, 0.3) is 5.91 Å². The molecule has 0 saturated carbocycles. The number of carbonyl (C=O) groups is 1. The summed E-state index contributed by atoms with van der Waals surface area (Å²) in [6.07, 6.45) is -3.44. The van der Waals surface area contributed by atoms with Gasteiger partial charge in [-0.3, -0.25) is 4.79 Å². The van der Waals surface area contributed by atoms with E-state index >= 15 is 0 Å². The zero-order valence-corrected chi connectivity index (χ0v) is 16.4. The van der Waals surface area contributed by atoms with Crippen molar-refractivity contribution >= 4 is 40.9 Å². The third kappa shape index (κ3) is 5.03. The maximum atomic E-state index is 12.9. The number of hydrogen-bond acceptors (Lipinski definition) is 3. The standard InChI is InChI=1S/C21H11Cl2F3N2O2/c22-15-3-1-2-12(8-15)19-7-5-16(30-19)9-13(11-27)20(29)28-18-10-14(21(24,25)26)4-6-17(18)23/h1-10H,(H,28,29)/b13-9+. The van der Waals surface area contributed by atoms with Crippen molar-refractivity contribution in [3.8, 4) is 17.4 Å². The number of halogens is 5. The van der Waals surface area contributed by atoms with Gasteiger partial charge < -0.3 is 9.73 Å². The quantitative estimate of drug-likeness (QED) is 0.350. The SMILES string of the molecule is N#C/C(=C\c1ccc(-c2cccc(Cl)c2)o1)C(=O)Nc1cc(C(F)(F)F)ccc1Cl. The molecule has 0 fully saturated rings. The van der Waals surface area contributed by atoms with E-state index in [0.717, 1.165) is 12.1 Å². The Morgan fingerprint density at radius 3 is 2.53 bits per heavy atom. The molecule has 1 aromatic heterocycles. The zero-order chi connectivity index (χ0) is 21.9. The van der Waals surface area contributed by atoms with Crippen LogP contribution in [0.15, 0.2) is 64.6 Å². The first-order chi connectivity index (χ1) is 14.2. The molecule has 0 radical (unpaired) electrons. The first kappa shape index (κ1) is 21.5. The fourth-order valence-corrected chi connectivity index (χ4v) is 2.86. The van der Waals surface area contributed by atoms with Crippen LogP contribution in [-0.4, -0.2) is 5.91 Å². The van der Waals surface area contributed by atoms with Crippen LogP contribution in [0.2, 0.25) is 10.0 Å². The van der Waals surface area contributed by atoms with Crippen LogP contribution in [0.3, 0.4) is 0 Å². The maximum Gasteiger partial charge on any atom is 0.416 e. The summed E-state index contributed by atoms with van der Waals surface area (Å²) < 4.78 is 44.2. The number of alkyl halides is 3. The van der Waals surface area contributed by atoms with Gasteiger partial charge in [0, 0.05) is 16.7 Å². The van der Waals surface area contributed by atoms with Crippen molar-refractivity contribution in [3.05, 3.63) is 81.5 Å². The lowest BCUT2D eigenvalue weighted by Crippen LogP contribution is -2.15. The second kappa shape index (κ2) is 8.66. The van der Waals surface area contributed by atoms with Gasteiger partial charge in [-0.05, 0) is 42.5 Å². The summed E-state index contributed by atoms with van der Waals surface area (Å²) in [5.74, 6) is -0.270. The highest BCUT2D eigenvalue weighted by atomic mass is 35.5. The summed E-state index contributed by atoms with van der Waals surface area (Å²) in [6.45, 7) is 0. The van der Waals surface area contributed by atoms with Crippen LogP contribution in [0.5, 0.6) is 0 Å². The molecule has 0 aliphatic carbocycles. The molecule has 0 saturated heterocycles. The summed E-state index contributed by atoms with van der Waals surface area (Å²) in [5.41, 5.74) is -0.935. The normalized spacial score (nSPS) is 11.8. The Hall–Kier alpha value is -3.21. The summed E-state index contributed by atoms with van der Waals surface area (Å²) in [5, 5.41) is 11.9. The van der Waals surface area contributed by atoms with Crippen LogP contribution in [-0.2, 0) is 11.0 Å². The average Bonchev–Trinajstić information content (AvgIpc) is 3.15. The van der Waals surface area contributed by atoms with Crippen LogP contribution in [0.1, 0.15) is 11.3 Å². The van der Waals surface area contributed by atoms with Gasteiger partial charge in [-0.1, -0.05) is 35.3 Å². The van der Waals surface area contributed by atoms with Gasteiger partial charge in [0.05, 0.1) is 16.3 Å². The number of hydrogen-bond donors (Lipinski definition) is 1. The van der Waals surface area contributed by atoms with Gasteiger partial charge in [0.1, 0.15) is 23.2 Å². The highest BCUT2D eigenvalue weighted by molar-refractivity contribution is 6.34. The number of nitrogens with zero attached hydrogens (tertiary/aromatic N) is 1. The van der Waals surface area contributed by atoms with E-state index in [2.05, 4.69) is 5.32 Å². The minimum absolute atomic E-state index is 0.102. The van der Waals surface area contributed by atoms with Gasteiger partial charge in [-0.15, -0.1) is 0 Å². The molecule has 9 heteroatoms. The number of benzene rings is 2. The Balaban J connectivity index is 1.84. The fourth-order valence-electron chi connectivity index (χ4n) is 2.51. The molecule has 1 heterocycles. The van der Waals surface area contributed by atoms with E-state index in [0.29, 0.717) is 22.4 Å². The van der Waals surface area contributed by atoms with E-state index in [4.69, 9.17) is 27.6 Å². The molecule has 0 aliphatic heterocycles. The molecule has 3 aromatic rings. The van der Waals surface area contributed by atoms with Crippen molar-refractivity contribution < 1.29 is 22.4 Å². The minimum Gasteiger partial charge on any atom is -0.457 e. The molecular formula is C21H11Cl2F3N2O2. The van der Waals surface area contributed by atoms with Crippen LogP contribution in [0.25, 0.3) is 17.4 Å². The van der Waals surface area contributed by atoms with Crippen LogP contribution in [0, 0.1) is 11.3 Å². The van der Waals surface area contributed by atoms with Crippen molar-refractivity contribution in [2.45, 2.75) is 6.18 Å². The Morgan fingerprint density at radius 1 is 1.10 bits per heavy atom. The topological polar surface area (TPSA) is 66.0 Å². The highest BCUT2D eigenvalue weighted by Crippen LogP contribution is 2.34. The largest absolute Gasteiger partial charge is 0.457 e. The predicted octanol–water partition coefficient (Wildman–Crippen LogP) is 6.82. The number of amides is 1. The number of carbonyl (C=O) groups excluding carboxylic acids is 1. The van der Waals surface area contributed by atoms with Gasteiger partial charge in [-0.25, -0.2) is 0 Å². The summed E-state index contributed by atoms with van der Waals surface area (Å²) in [4.78, 5) is 12.4. The molecular weight excluding hydrogens is 440 g/mol. The molecule has 1 amide bonds. The van der Waals surface area contributed by atoms with Crippen LogP contribution >= 0.6 is 23.2 Å². The van der Waals surface area contributed by atoms with Gasteiger partial charge in [-0.2, -0.15) is 18.4 Å². The van der Waals surface area contributed by atoms with E-state index < -0.39 is 17.6 Å². The van der Waals surface area contributed by atoms with E-state index in [9.17, 15) is 23.2 Å². The van der Waals surface area contributed by atoms with E-state index in [-0.39, 0.29) is 22.0 Å². The second-order valence-corrected chi connectivity index (χ2v) is 6.87. The summed E-state index contributed by atoms with van der Waals surface area (Å²) >= 11 is 11.8. The first-order valence-corrected chi connectivity index (χ1v) is 9.08. The Bertz CT molecular complexity index is 1180. The average molecular weight is 451 g/mol. The molecule has 0 atom stereocenters. The lowest BCUT2D eigenvalue weighted by atomic mass is 10.1. The Kier molecular flexibility index (Phi) is 6.20. The van der Waals surface area contributed by atoms with E-state index in [1.54, 1.807) is 36.4 Å². The van der Waals surface area contributed by atoms with Gasteiger partial charge >= 0.3 is 6.18 Å². The van der Waals surface area contributed by atoms with Crippen LogP contribution in [0.4, 0.5) is 18.9 Å². The maximum absolute atomic E-state index is 12.9.